The molecule has 22 heavy (non-hydrogen) atoms. The van der Waals surface area contributed by atoms with Gasteiger partial charge in [0.05, 0.1) is 7.11 Å². The van der Waals surface area contributed by atoms with E-state index in [9.17, 15) is 9.59 Å². The number of carbonyl (C=O) groups is 2. The Hall–Kier alpha value is -1.64. The van der Waals surface area contributed by atoms with Gasteiger partial charge in [0.15, 0.2) is 0 Å². The molecular weight excluding hydrogens is 320 g/mol. The van der Waals surface area contributed by atoms with E-state index in [1.807, 2.05) is 54.6 Å². The van der Waals surface area contributed by atoms with Crippen molar-refractivity contribution >= 4 is 11.8 Å². The van der Waals surface area contributed by atoms with E-state index in [0.717, 1.165) is 24.8 Å². The number of rotatable bonds is 7. The van der Waals surface area contributed by atoms with Crippen LogP contribution in [0.25, 0.3) is 0 Å². The minimum absolute atomic E-state index is 0. The van der Waals surface area contributed by atoms with Crippen LogP contribution in [0.3, 0.4) is 0 Å². The predicted octanol–water partition coefficient (Wildman–Crippen LogP) is 4.11. The van der Waals surface area contributed by atoms with Crippen LogP contribution >= 0.6 is 0 Å². The van der Waals surface area contributed by atoms with Crippen LogP contribution in [0.15, 0.2) is 54.6 Å². The van der Waals surface area contributed by atoms with Crippen molar-refractivity contribution in [3.05, 3.63) is 60.2 Å². The van der Waals surface area contributed by atoms with Gasteiger partial charge in [-0.3, -0.25) is 4.79 Å². The maximum Gasteiger partial charge on any atom is 0.305 e. The maximum atomic E-state index is 11.6. The summed E-state index contributed by atoms with van der Waals surface area (Å²) in [5.41, 5.74) is 0.785. The van der Waals surface area contributed by atoms with Gasteiger partial charge in [-0.2, -0.15) is 12.1 Å². The van der Waals surface area contributed by atoms with Crippen LogP contribution in [-0.4, -0.2) is 18.9 Å². The van der Waals surface area contributed by atoms with Gasteiger partial charge in [0.1, 0.15) is 5.78 Å². The molecule has 0 aliphatic rings. The molecule has 0 saturated heterocycles. The Morgan fingerprint density at radius 3 is 1.91 bits per heavy atom. The van der Waals surface area contributed by atoms with E-state index in [1.54, 1.807) is 0 Å². The second-order valence-corrected chi connectivity index (χ2v) is 4.70. The maximum absolute atomic E-state index is 11.6. The van der Waals surface area contributed by atoms with Crippen LogP contribution in [0.2, 0.25) is 0 Å². The van der Waals surface area contributed by atoms with Gasteiger partial charge in [-0.15, -0.1) is 0 Å². The Bertz CT molecular complexity index is 469. The smallest absolute Gasteiger partial charge is 0.305 e. The molecule has 3 nitrogen and oxygen atoms in total. The molecule has 126 valence electrons. The molecule has 2 aromatic carbocycles. The van der Waals surface area contributed by atoms with E-state index in [2.05, 4.69) is 4.74 Å². The van der Waals surface area contributed by atoms with Crippen molar-refractivity contribution in [1.29, 1.82) is 0 Å². The van der Waals surface area contributed by atoms with E-state index in [4.69, 9.17) is 0 Å². The van der Waals surface area contributed by atoms with Gasteiger partial charge in [-0.05, 0) is 19.3 Å². The molecule has 4 heteroatoms. The Balaban J connectivity index is 0.000000622. The number of hydrogen-bond donors (Lipinski definition) is 0. The molecule has 0 aromatic heterocycles. The van der Waals surface area contributed by atoms with Crippen molar-refractivity contribution < 1.29 is 31.4 Å². The minimum atomic E-state index is -0.178. The Morgan fingerprint density at radius 1 is 0.909 bits per heavy atom. The van der Waals surface area contributed by atoms with Gasteiger partial charge >= 0.3 is 5.97 Å². The quantitative estimate of drug-likeness (QED) is 0.250. The summed E-state index contributed by atoms with van der Waals surface area (Å²) in [7, 11) is 1.39. The molecule has 0 saturated carbocycles. The van der Waals surface area contributed by atoms with E-state index in [-0.39, 0.29) is 28.8 Å². The SMILES string of the molecule is COC(=O)CCCCCC(=O)[c-]1cccc1.[Fe].[cH-]1[cH-][cH-][cH-][cH-]1. The number of esters is 1. The van der Waals surface area contributed by atoms with Gasteiger partial charge in [-0.1, -0.05) is 12.0 Å². The zero-order valence-corrected chi connectivity index (χ0v) is 13.9. The molecule has 0 amide bonds. The first-order chi connectivity index (χ1) is 10.2. The number of Topliss-reactive ketones (excluding diaryl/α,β-unsaturated/α-hetero) is 1. The first-order valence-corrected chi connectivity index (χ1v) is 7.22. The summed E-state index contributed by atoms with van der Waals surface area (Å²) in [5, 5.41) is 0. The zero-order valence-electron chi connectivity index (χ0n) is 12.8. The monoisotopic (exact) mass is 342 g/mol. The predicted molar refractivity (Wildman–Crippen MR) is 83.5 cm³/mol. The van der Waals surface area contributed by atoms with Crippen molar-refractivity contribution in [2.45, 2.75) is 32.1 Å². The average molecular weight is 342 g/mol. The zero-order chi connectivity index (χ0) is 15.3. The number of methoxy groups -OCH3 is 1. The molecule has 0 radical (unpaired) electrons. The van der Waals surface area contributed by atoms with Crippen molar-refractivity contribution in [1.82, 2.24) is 0 Å². The van der Waals surface area contributed by atoms with Gasteiger partial charge < -0.3 is 39.9 Å². The molecule has 2 rings (SSSR count). The molecule has 0 aliphatic carbocycles. The standard InChI is InChI=1S/C13H17O3.C5H5.Fe/c1-16-13(15)10-4-2-3-9-12(14)11-7-5-6-8-11;1-2-4-5-3-1;/h5-8H,2-4,9-10H2,1H3;1-5H;/q-1;-5;. The average Bonchev–Trinajstić information content (AvgIpc) is 3.21. The molecule has 0 N–H and O–H groups in total. The van der Waals surface area contributed by atoms with Gasteiger partial charge in [-0.25, -0.2) is 12.1 Å². The van der Waals surface area contributed by atoms with Crippen LogP contribution in [0.1, 0.15) is 42.5 Å². The third kappa shape index (κ3) is 9.32. The number of hydrogen-bond acceptors (Lipinski definition) is 3. The van der Waals surface area contributed by atoms with Crippen molar-refractivity contribution in [3.8, 4) is 0 Å². The van der Waals surface area contributed by atoms with Crippen LogP contribution in [0, 0.1) is 0 Å². The summed E-state index contributed by atoms with van der Waals surface area (Å²) in [6, 6.07) is 17.4. The number of unbranched alkanes of at least 4 members (excludes halogenated alkanes) is 2. The summed E-state index contributed by atoms with van der Waals surface area (Å²) in [5.74, 6) is 0.00503. The van der Waals surface area contributed by atoms with Crippen LogP contribution < -0.4 is 0 Å². The summed E-state index contributed by atoms with van der Waals surface area (Å²) in [4.78, 5) is 22.4. The van der Waals surface area contributed by atoms with Gasteiger partial charge in [0.25, 0.3) is 0 Å². The molecule has 0 spiro atoms. The first-order valence-electron chi connectivity index (χ1n) is 7.22. The summed E-state index contributed by atoms with van der Waals surface area (Å²) in [6.07, 6.45) is 3.52. The van der Waals surface area contributed by atoms with E-state index in [0.29, 0.717) is 12.8 Å². The molecule has 0 aliphatic heterocycles. The van der Waals surface area contributed by atoms with Crippen molar-refractivity contribution in [2.75, 3.05) is 7.11 Å². The molecule has 0 fully saturated rings. The second-order valence-electron chi connectivity index (χ2n) is 4.70. The third-order valence-corrected chi connectivity index (χ3v) is 3.05. The van der Waals surface area contributed by atoms with Gasteiger partial charge in [0, 0.05) is 23.5 Å². The molecular formula is C18H22FeO3-6. The fourth-order valence-electron chi connectivity index (χ4n) is 1.86. The Kier molecular flexibility index (Phi) is 12.1. The molecule has 0 atom stereocenters. The Morgan fingerprint density at radius 2 is 1.41 bits per heavy atom. The fourth-order valence-corrected chi connectivity index (χ4v) is 1.86. The van der Waals surface area contributed by atoms with E-state index >= 15 is 0 Å². The van der Waals surface area contributed by atoms with Crippen LogP contribution in [-0.2, 0) is 26.6 Å². The van der Waals surface area contributed by atoms with Crippen LogP contribution in [0.4, 0.5) is 0 Å². The number of ketones is 1. The number of ether oxygens (including phenoxy) is 1. The Labute approximate surface area is 142 Å². The van der Waals surface area contributed by atoms with E-state index in [1.165, 1.54) is 7.11 Å². The third-order valence-electron chi connectivity index (χ3n) is 3.05. The molecule has 0 heterocycles. The first kappa shape index (κ1) is 20.4. The summed E-state index contributed by atoms with van der Waals surface area (Å²) < 4.78 is 4.53. The number of carbonyl (C=O) groups excluding carboxylic acids is 2. The topological polar surface area (TPSA) is 43.4 Å². The minimum Gasteiger partial charge on any atom is -0.748 e. The molecule has 0 bridgehead atoms. The van der Waals surface area contributed by atoms with Gasteiger partial charge in [0.2, 0.25) is 0 Å². The van der Waals surface area contributed by atoms with E-state index < -0.39 is 0 Å². The summed E-state index contributed by atoms with van der Waals surface area (Å²) in [6.45, 7) is 0. The molecule has 2 aromatic rings. The fraction of sp³-hybridized carbons (Fsp3) is 0.333. The second kappa shape index (κ2) is 13.1. The largest absolute Gasteiger partial charge is 0.748 e. The van der Waals surface area contributed by atoms with Crippen molar-refractivity contribution in [2.24, 2.45) is 0 Å². The summed E-state index contributed by atoms with van der Waals surface area (Å²) >= 11 is 0. The normalized spacial score (nSPS) is 9.14. The van der Waals surface area contributed by atoms with Crippen LogP contribution in [0.5, 0.6) is 0 Å². The van der Waals surface area contributed by atoms with Crippen molar-refractivity contribution in [3.63, 3.8) is 0 Å². The molecule has 0 unspecified atom stereocenters.